The third-order valence-corrected chi connectivity index (χ3v) is 0.918. The van der Waals surface area contributed by atoms with Crippen molar-refractivity contribution >= 4 is 5.82 Å². The van der Waals surface area contributed by atoms with Crippen molar-refractivity contribution in [1.29, 1.82) is 0 Å². The third-order valence-electron chi connectivity index (χ3n) is 0.918. The minimum atomic E-state index is -0.0689. The van der Waals surface area contributed by atoms with Gasteiger partial charge in [-0.25, -0.2) is 9.97 Å². The Bertz CT molecular complexity index is 223. The molecule has 1 aromatic rings. The van der Waals surface area contributed by atoms with Gasteiger partial charge in [-0.3, -0.25) is 0 Å². The maximum atomic E-state index is 8.79. The molecule has 0 aromatic carbocycles. The van der Waals surface area contributed by atoms with E-state index in [9.17, 15) is 0 Å². The summed E-state index contributed by atoms with van der Waals surface area (Å²) in [4.78, 5) is 7.39. The van der Waals surface area contributed by atoms with Gasteiger partial charge in [0.05, 0.1) is 6.20 Å². The molecule has 0 atom stereocenters. The van der Waals surface area contributed by atoms with Crippen molar-refractivity contribution in [2.45, 2.75) is 6.92 Å². The quantitative estimate of drug-likeness (QED) is 0.514. The average molecular weight is 125 g/mol. The molecule has 0 radical (unpaired) electrons. The first-order chi connectivity index (χ1) is 4.20. The molecule has 3 N–H and O–H groups in total. The minimum absolute atomic E-state index is 0.0689. The molecule has 1 heterocycles. The lowest BCUT2D eigenvalue weighted by molar-refractivity contribution is 0.472. The summed E-state index contributed by atoms with van der Waals surface area (Å²) in [5, 5.41) is 8.79. The summed E-state index contributed by atoms with van der Waals surface area (Å²) >= 11 is 0. The van der Waals surface area contributed by atoms with Crippen LogP contribution in [0.5, 0.6) is 5.75 Å². The fourth-order valence-corrected chi connectivity index (χ4v) is 0.481. The van der Waals surface area contributed by atoms with Crippen molar-refractivity contribution in [2.75, 3.05) is 5.73 Å². The molecule has 0 bridgehead atoms. The van der Waals surface area contributed by atoms with Crippen LogP contribution in [-0.2, 0) is 0 Å². The van der Waals surface area contributed by atoms with Gasteiger partial charge in [0.15, 0.2) is 11.6 Å². The van der Waals surface area contributed by atoms with E-state index in [0.717, 1.165) is 0 Å². The summed E-state index contributed by atoms with van der Waals surface area (Å²) < 4.78 is 0. The van der Waals surface area contributed by atoms with Gasteiger partial charge >= 0.3 is 0 Å². The van der Waals surface area contributed by atoms with Crippen LogP contribution in [-0.4, -0.2) is 15.1 Å². The first kappa shape index (κ1) is 5.81. The topological polar surface area (TPSA) is 72.0 Å². The van der Waals surface area contributed by atoms with Crippen LogP contribution in [0.25, 0.3) is 0 Å². The predicted octanol–water partition coefficient (Wildman–Crippen LogP) is 0.0728. The number of anilines is 1. The maximum absolute atomic E-state index is 8.79. The Kier molecular flexibility index (Phi) is 1.22. The second kappa shape index (κ2) is 1.89. The number of aromatic nitrogens is 2. The van der Waals surface area contributed by atoms with E-state index >= 15 is 0 Å². The Labute approximate surface area is 52.4 Å². The maximum Gasteiger partial charge on any atom is 0.176 e. The van der Waals surface area contributed by atoms with Gasteiger partial charge in [-0.15, -0.1) is 0 Å². The zero-order valence-electron chi connectivity index (χ0n) is 5.00. The zero-order valence-corrected chi connectivity index (χ0v) is 5.00. The van der Waals surface area contributed by atoms with Gasteiger partial charge in [-0.05, 0) is 6.92 Å². The highest BCUT2D eigenvalue weighted by Crippen LogP contribution is 2.12. The molecule has 0 spiro atoms. The molecule has 0 saturated carbocycles. The molecular weight excluding hydrogens is 118 g/mol. The van der Waals surface area contributed by atoms with E-state index < -0.39 is 0 Å². The van der Waals surface area contributed by atoms with Crippen molar-refractivity contribution in [2.24, 2.45) is 0 Å². The number of aryl methyl sites for hydroxylation is 1. The molecular formula is C5H7N3O. The highest BCUT2D eigenvalue weighted by Gasteiger charge is 1.95. The number of nitrogens with zero attached hydrogens (tertiary/aromatic N) is 2. The lowest BCUT2D eigenvalue weighted by Gasteiger charge is -1.95. The summed E-state index contributed by atoms with van der Waals surface area (Å²) in [6, 6.07) is 0. The summed E-state index contributed by atoms with van der Waals surface area (Å²) in [7, 11) is 0. The van der Waals surface area contributed by atoms with E-state index in [2.05, 4.69) is 9.97 Å². The van der Waals surface area contributed by atoms with Crippen LogP contribution in [0.2, 0.25) is 0 Å². The van der Waals surface area contributed by atoms with Crippen molar-refractivity contribution in [3.63, 3.8) is 0 Å². The van der Waals surface area contributed by atoms with Crippen LogP contribution < -0.4 is 5.73 Å². The van der Waals surface area contributed by atoms with Gasteiger partial charge in [0.25, 0.3) is 0 Å². The van der Waals surface area contributed by atoms with Gasteiger partial charge in [0, 0.05) is 0 Å². The summed E-state index contributed by atoms with van der Waals surface area (Å²) in [5.41, 5.74) is 5.22. The van der Waals surface area contributed by atoms with Crippen LogP contribution in [0.3, 0.4) is 0 Å². The molecule has 1 aromatic heterocycles. The van der Waals surface area contributed by atoms with Crippen LogP contribution in [0.4, 0.5) is 5.82 Å². The second-order valence-electron chi connectivity index (χ2n) is 1.69. The molecule has 0 aliphatic carbocycles. The van der Waals surface area contributed by atoms with Crippen molar-refractivity contribution in [3.05, 3.63) is 12.0 Å². The average Bonchev–Trinajstić information content (AvgIpc) is 1.80. The van der Waals surface area contributed by atoms with E-state index in [4.69, 9.17) is 10.8 Å². The third kappa shape index (κ3) is 1.07. The Morgan fingerprint density at radius 1 is 1.67 bits per heavy atom. The predicted molar refractivity (Wildman–Crippen MR) is 32.8 cm³/mol. The van der Waals surface area contributed by atoms with Gasteiger partial charge in [0.1, 0.15) is 5.82 Å². The summed E-state index contributed by atoms with van der Waals surface area (Å²) in [5.74, 6) is 0.619. The molecule has 48 valence electrons. The summed E-state index contributed by atoms with van der Waals surface area (Å²) in [6.45, 7) is 1.70. The van der Waals surface area contributed by atoms with Crippen LogP contribution in [0.1, 0.15) is 5.82 Å². The molecule has 0 saturated heterocycles. The van der Waals surface area contributed by atoms with Crippen molar-refractivity contribution in [3.8, 4) is 5.75 Å². The fraction of sp³-hybridized carbons (Fsp3) is 0.200. The molecule has 1 rings (SSSR count). The van der Waals surface area contributed by atoms with E-state index in [1.54, 1.807) is 6.92 Å². The van der Waals surface area contributed by atoms with E-state index in [1.165, 1.54) is 6.20 Å². The molecule has 9 heavy (non-hydrogen) atoms. The SMILES string of the molecule is Cc1ncc(O)c(N)n1. The normalized spacial score (nSPS) is 9.44. The minimum Gasteiger partial charge on any atom is -0.503 e. The number of hydrogen-bond donors (Lipinski definition) is 2. The Hall–Kier alpha value is -1.32. The number of nitrogens with two attached hydrogens (primary N) is 1. The number of aromatic hydroxyl groups is 1. The van der Waals surface area contributed by atoms with E-state index in [-0.39, 0.29) is 11.6 Å². The standard InChI is InChI=1S/C5H7N3O/c1-3-7-2-4(9)5(6)8-3/h2,9H,1H3,(H2,6,7,8). The van der Waals surface area contributed by atoms with Gasteiger partial charge in [0.2, 0.25) is 0 Å². The van der Waals surface area contributed by atoms with Gasteiger partial charge in [-0.1, -0.05) is 0 Å². The molecule has 4 heteroatoms. The zero-order chi connectivity index (χ0) is 6.85. The molecule has 0 amide bonds. The number of nitrogen functional groups attached to an aromatic ring is 1. The van der Waals surface area contributed by atoms with Gasteiger partial charge < -0.3 is 10.8 Å². The highest BCUT2D eigenvalue weighted by atomic mass is 16.3. The molecule has 0 unspecified atom stereocenters. The number of hydrogen-bond acceptors (Lipinski definition) is 4. The van der Waals surface area contributed by atoms with Crippen LogP contribution >= 0.6 is 0 Å². The molecule has 0 aliphatic rings. The number of rotatable bonds is 0. The molecule has 0 fully saturated rings. The molecule has 4 nitrogen and oxygen atoms in total. The Morgan fingerprint density at radius 3 is 2.78 bits per heavy atom. The Balaban J connectivity index is 3.17. The van der Waals surface area contributed by atoms with Gasteiger partial charge in [-0.2, -0.15) is 0 Å². The second-order valence-corrected chi connectivity index (χ2v) is 1.69. The largest absolute Gasteiger partial charge is 0.503 e. The first-order valence-corrected chi connectivity index (χ1v) is 2.48. The van der Waals surface area contributed by atoms with Crippen LogP contribution in [0.15, 0.2) is 6.20 Å². The monoisotopic (exact) mass is 125 g/mol. The Morgan fingerprint density at radius 2 is 2.33 bits per heavy atom. The lowest BCUT2D eigenvalue weighted by Crippen LogP contribution is -1.94. The highest BCUT2D eigenvalue weighted by molar-refractivity contribution is 5.42. The van der Waals surface area contributed by atoms with Crippen LogP contribution in [0, 0.1) is 6.92 Å². The van der Waals surface area contributed by atoms with E-state index in [0.29, 0.717) is 5.82 Å². The van der Waals surface area contributed by atoms with Crippen molar-refractivity contribution in [1.82, 2.24) is 9.97 Å². The van der Waals surface area contributed by atoms with Crippen molar-refractivity contribution < 1.29 is 5.11 Å². The summed E-state index contributed by atoms with van der Waals surface area (Å²) in [6.07, 6.45) is 1.28. The first-order valence-electron chi connectivity index (χ1n) is 2.48. The lowest BCUT2D eigenvalue weighted by atomic mass is 10.5. The smallest absolute Gasteiger partial charge is 0.176 e. The van der Waals surface area contributed by atoms with E-state index in [1.807, 2.05) is 0 Å². The molecule has 0 aliphatic heterocycles. The fourth-order valence-electron chi connectivity index (χ4n) is 0.481.